The molecule has 2 aromatic carbocycles. The summed E-state index contributed by atoms with van der Waals surface area (Å²) < 4.78 is 28.8. The van der Waals surface area contributed by atoms with Gasteiger partial charge in [-0.3, -0.25) is 9.59 Å². The second-order valence-electron chi connectivity index (χ2n) is 9.62. The lowest BCUT2D eigenvalue weighted by Gasteiger charge is -2.21. The van der Waals surface area contributed by atoms with Gasteiger partial charge in [0, 0.05) is 17.7 Å². The van der Waals surface area contributed by atoms with Crippen LogP contribution in [0.5, 0.6) is 0 Å². The molecule has 0 aliphatic heterocycles. The number of aryl methyl sites for hydroxylation is 1. The second kappa shape index (κ2) is 17.9. The monoisotopic (exact) mass is 652 g/mol. The number of rotatable bonds is 10. The minimum absolute atomic E-state index is 0.0414. The molecule has 2 amide bonds. The van der Waals surface area contributed by atoms with Gasteiger partial charge < -0.3 is 15.4 Å². The predicted octanol–water partition coefficient (Wildman–Crippen LogP) is 5.60. The van der Waals surface area contributed by atoms with Crippen LogP contribution in [0, 0.1) is 25.5 Å². The molecule has 0 bridgehead atoms. The van der Waals surface area contributed by atoms with Gasteiger partial charge in [-0.2, -0.15) is 10.3 Å². The summed E-state index contributed by atoms with van der Waals surface area (Å²) >= 11 is 5.81. The minimum atomic E-state index is -0.619. The molecule has 14 heteroatoms. The van der Waals surface area contributed by atoms with Crippen molar-refractivity contribution in [2.24, 2.45) is 0 Å². The van der Waals surface area contributed by atoms with Crippen molar-refractivity contribution in [3.05, 3.63) is 113 Å². The quantitative estimate of drug-likeness (QED) is 0.115. The van der Waals surface area contributed by atoms with Gasteiger partial charge in [-0.25, -0.2) is 13.5 Å². The van der Waals surface area contributed by atoms with Crippen molar-refractivity contribution in [3.63, 3.8) is 0 Å². The van der Waals surface area contributed by atoms with E-state index in [4.69, 9.17) is 16.4 Å². The highest BCUT2D eigenvalue weighted by molar-refractivity contribution is 6.30. The first-order valence-corrected chi connectivity index (χ1v) is 14.2. The molecule has 0 aliphatic rings. The number of aromatic amines is 1. The Kier molecular flexibility index (Phi) is 14.3. The van der Waals surface area contributed by atoms with Crippen LogP contribution in [0.25, 0.3) is 17.1 Å². The number of nitrogens with zero attached hydrogens (tertiary/aromatic N) is 5. The molecule has 4 aromatic rings. The van der Waals surface area contributed by atoms with Gasteiger partial charge in [-0.15, -0.1) is 16.8 Å². The summed E-state index contributed by atoms with van der Waals surface area (Å²) in [6.45, 7) is 16.3. The molecule has 0 aliphatic carbocycles. The van der Waals surface area contributed by atoms with Crippen LogP contribution in [-0.2, 0) is 20.9 Å². The number of hydrogen-bond acceptors (Lipinski definition) is 7. The maximum atomic E-state index is 14.2. The zero-order valence-corrected chi connectivity index (χ0v) is 26.7. The summed E-state index contributed by atoms with van der Waals surface area (Å²) in [5.74, 6) is -1.94. The molecule has 0 fully saturated rings. The molecular formula is C32H35ClF2N8O3. The summed E-state index contributed by atoms with van der Waals surface area (Å²) in [5, 5.41) is 23.5. The zero-order chi connectivity index (χ0) is 34.4. The van der Waals surface area contributed by atoms with Gasteiger partial charge in [-0.1, -0.05) is 49.4 Å². The lowest BCUT2D eigenvalue weighted by atomic mass is 9.96. The molecule has 1 atom stereocenters. The molecule has 1 unspecified atom stereocenters. The Hall–Kier alpha value is -5.30. The van der Waals surface area contributed by atoms with Crippen LogP contribution in [0.2, 0.25) is 5.02 Å². The number of allylic oxidation sites excluding steroid dienone is 1. The van der Waals surface area contributed by atoms with Crippen LogP contribution in [0.15, 0.2) is 73.5 Å². The standard InChI is InChI=1S/C28H27ClF2N8O2.C3H6.CH2O/c1-5-24(20-8-7-19(10-15(20)2)26-35-37-38-36-26)34-28(41)25(39-17(4)23(31)14-33-39)11-16(3)27(40)32-13-18-6-9-22(30)21(29)12-18;1-3-2;1-2/h6-12,14,24H,3,5,13H2,1-2,4H3,(H,32,40)(H,34,41)(H,35,36,37,38);3H,1H2,2H3;1H2/b25-11-;;. The number of hydrogen-bond donors (Lipinski definition) is 3. The van der Waals surface area contributed by atoms with E-state index >= 15 is 0 Å². The van der Waals surface area contributed by atoms with E-state index < -0.39 is 29.5 Å². The summed E-state index contributed by atoms with van der Waals surface area (Å²) in [5.41, 5.74) is 2.96. The van der Waals surface area contributed by atoms with E-state index in [1.165, 1.54) is 31.2 Å². The van der Waals surface area contributed by atoms with Gasteiger partial charge in [0.1, 0.15) is 18.3 Å². The molecule has 0 spiro atoms. The second-order valence-corrected chi connectivity index (χ2v) is 10.0. The molecule has 0 radical (unpaired) electrons. The smallest absolute Gasteiger partial charge is 0.270 e. The Morgan fingerprint density at radius 3 is 2.35 bits per heavy atom. The van der Waals surface area contributed by atoms with Gasteiger partial charge in [0.05, 0.1) is 23.0 Å². The number of tetrazole rings is 1. The zero-order valence-electron chi connectivity index (χ0n) is 25.9. The summed E-state index contributed by atoms with van der Waals surface area (Å²) in [6.07, 6.45) is 4.51. The molecule has 242 valence electrons. The van der Waals surface area contributed by atoms with E-state index in [1.807, 2.05) is 45.8 Å². The van der Waals surface area contributed by atoms with Crippen molar-refractivity contribution >= 4 is 35.9 Å². The number of H-pyrrole nitrogens is 1. The lowest BCUT2D eigenvalue weighted by Crippen LogP contribution is -2.32. The lowest BCUT2D eigenvalue weighted by molar-refractivity contribution is -0.117. The Bertz CT molecular complexity index is 1700. The first-order chi connectivity index (χ1) is 22.0. The number of amides is 2. The molecule has 3 N–H and O–H groups in total. The highest BCUT2D eigenvalue weighted by atomic mass is 35.5. The number of aromatic nitrogens is 6. The number of carbonyl (C=O) groups is 3. The van der Waals surface area contributed by atoms with Gasteiger partial charge in [0.25, 0.3) is 11.8 Å². The van der Waals surface area contributed by atoms with Gasteiger partial charge in [-0.05, 0) is 73.4 Å². The molecule has 0 saturated carbocycles. The third kappa shape index (κ3) is 9.60. The van der Waals surface area contributed by atoms with Crippen LogP contribution >= 0.6 is 11.6 Å². The molecule has 46 heavy (non-hydrogen) atoms. The highest BCUT2D eigenvalue weighted by Gasteiger charge is 2.23. The molecule has 0 saturated heterocycles. The van der Waals surface area contributed by atoms with Crippen molar-refractivity contribution in [1.29, 1.82) is 0 Å². The van der Waals surface area contributed by atoms with E-state index in [2.05, 4.69) is 49.5 Å². The molecule has 2 aromatic heterocycles. The Morgan fingerprint density at radius 1 is 1.11 bits per heavy atom. The first-order valence-electron chi connectivity index (χ1n) is 13.8. The fraction of sp³-hybridized carbons (Fsp3) is 0.219. The number of carbonyl (C=O) groups excluding carboxylic acids is 3. The summed E-state index contributed by atoms with van der Waals surface area (Å²) in [6, 6.07) is 9.23. The summed E-state index contributed by atoms with van der Waals surface area (Å²) in [7, 11) is 0. The van der Waals surface area contributed by atoms with Crippen LogP contribution < -0.4 is 10.6 Å². The van der Waals surface area contributed by atoms with E-state index in [0.29, 0.717) is 17.8 Å². The SMILES string of the molecule is C=C(/C=C(/C(=O)NC(CC)c1ccc(-c2nn[nH]n2)cc1C)n1ncc(F)c1C)C(=O)NCc1ccc(F)c(Cl)c1.C=CC.C=O. The minimum Gasteiger partial charge on any atom is -0.348 e. The molecular weight excluding hydrogens is 618 g/mol. The third-order valence-corrected chi connectivity index (χ3v) is 6.70. The van der Waals surface area contributed by atoms with Crippen molar-refractivity contribution in [3.8, 4) is 11.4 Å². The van der Waals surface area contributed by atoms with Crippen molar-refractivity contribution < 1.29 is 23.2 Å². The van der Waals surface area contributed by atoms with Crippen molar-refractivity contribution in [2.75, 3.05) is 0 Å². The van der Waals surface area contributed by atoms with Crippen molar-refractivity contribution in [2.45, 2.75) is 46.7 Å². The van der Waals surface area contributed by atoms with E-state index in [-0.39, 0.29) is 28.5 Å². The number of halogens is 3. The Balaban J connectivity index is 0.00000139. The fourth-order valence-corrected chi connectivity index (χ4v) is 4.36. The molecule has 2 heterocycles. The number of benzene rings is 2. The average Bonchev–Trinajstić information content (AvgIpc) is 3.70. The fourth-order valence-electron chi connectivity index (χ4n) is 4.15. The Morgan fingerprint density at radius 2 is 1.80 bits per heavy atom. The maximum absolute atomic E-state index is 14.2. The molecule has 11 nitrogen and oxygen atoms in total. The van der Waals surface area contributed by atoms with Gasteiger partial charge in [0.2, 0.25) is 5.82 Å². The van der Waals surface area contributed by atoms with Gasteiger partial charge >= 0.3 is 0 Å². The first kappa shape index (κ1) is 36.9. The topological polar surface area (TPSA) is 148 Å². The average molecular weight is 653 g/mol. The van der Waals surface area contributed by atoms with Crippen molar-refractivity contribution in [1.82, 2.24) is 41.0 Å². The number of nitrogens with one attached hydrogen (secondary N) is 3. The van der Waals surface area contributed by atoms with Gasteiger partial charge in [0.15, 0.2) is 5.82 Å². The van der Waals surface area contributed by atoms with Crippen LogP contribution in [0.3, 0.4) is 0 Å². The normalized spacial score (nSPS) is 11.2. The van der Waals surface area contributed by atoms with E-state index in [0.717, 1.165) is 27.6 Å². The highest BCUT2D eigenvalue weighted by Crippen LogP contribution is 2.26. The van der Waals surface area contributed by atoms with Crippen LogP contribution in [0.4, 0.5) is 8.78 Å². The Labute approximate surface area is 270 Å². The largest absolute Gasteiger partial charge is 0.348 e. The van der Waals surface area contributed by atoms with Crippen LogP contribution in [-0.4, -0.2) is 49.0 Å². The predicted molar refractivity (Wildman–Crippen MR) is 172 cm³/mol. The molecule has 4 rings (SSSR count). The third-order valence-electron chi connectivity index (χ3n) is 6.41. The van der Waals surface area contributed by atoms with E-state index in [9.17, 15) is 18.4 Å². The summed E-state index contributed by atoms with van der Waals surface area (Å²) in [4.78, 5) is 34.4. The van der Waals surface area contributed by atoms with Crippen LogP contribution in [0.1, 0.15) is 48.7 Å². The van der Waals surface area contributed by atoms with E-state index in [1.54, 1.807) is 6.08 Å². The maximum Gasteiger partial charge on any atom is 0.270 e.